The highest BCUT2D eigenvalue weighted by Gasteiger charge is 2.19. The quantitative estimate of drug-likeness (QED) is 0.737. The first-order valence-electron chi connectivity index (χ1n) is 6.48. The lowest BCUT2D eigenvalue weighted by Crippen LogP contribution is -2.23. The molecule has 0 aliphatic heterocycles. The summed E-state index contributed by atoms with van der Waals surface area (Å²) >= 11 is 14.2. The number of halogens is 2. The van der Waals surface area contributed by atoms with Crippen molar-refractivity contribution in [1.29, 1.82) is 0 Å². The molecule has 2 rings (SSSR count). The van der Waals surface area contributed by atoms with E-state index in [1.165, 1.54) is 10.5 Å². The first-order valence-corrected chi connectivity index (χ1v) is 8.46. The van der Waals surface area contributed by atoms with Crippen molar-refractivity contribution in [3.63, 3.8) is 0 Å². The predicted octanol–water partition coefficient (Wildman–Crippen LogP) is 5.41. The van der Waals surface area contributed by atoms with Crippen LogP contribution in [-0.2, 0) is 0 Å². The molecule has 0 amide bonds. The Kier molecular flexibility index (Phi) is 5.79. The van der Waals surface area contributed by atoms with Gasteiger partial charge in [-0.25, -0.2) is 0 Å². The molecule has 0 aromatic heterocycles. The minimum Gasteiger partial charge on any atom is -0.306 e. The fourth-order valence-electron chi connectivity index (χ4n) is 2.23. The maximum absolute atomic E-state index is 6.37. The van der Waals surface area contributed by atoms with Gasteiger partial charge in [-0.05, 0) is 48.2 Å². The molecule has 1 unspecified atom stereocenters. The molecule has 20 heavy (non-hydrogen) atoms. The molecule has 1 atom stereocenters. The van der Waals surface area contributed by atoms with Crippen LogP contribution in [0.4, 0.5) is 0 Å². The van der Waals surface area contributed by atoms with Crippen LogP contribution in [-0.4, -0.2) is 12.8 Å². The zero-order chi connectivity index (χ0) is 14.5. The molecular formula is C16H17Cl2NS. The fraction of sp³-hybridized carbons (Fsp3) is 0.250. The number of rotatable bonds is 5. The van der Waals surface area contributed by atoms with E-state index in [-0.39, 0.29) is 6.04 Å². The summed E-state index contributed by atoms with van der Waals surface area (Å²) in [7, 11) is 0. The van der Waals surface area contributed by atoms with Gasteiger partial charge < -0.3 is 5.32 Å². The maximum Gasteiger partial charge on any atom is 0.0602 e. The summed E-state index contributed by atoms with van der Waals surface area (Å²) in [5.41, 5.74) is 2.24. The van der Waals surface area contributed by atoms with E-state index in [0.29, 0.717) is 5.02 Å². The third-order valence-electron chi connectivity index (χ3n) is 3.13. The minimum atomic E-state index is 0.0508. The van der Waals surface area contributed by atoms with Crippen molar-refractivity contribution in [1.82, 2.24) is 5.32 Å². The number of hydrogen-bond acceptors (Lipinski definition) is 2. The van der Waals surface area contributed by atoms with Crippen LogP contribution in [0.15, 0.2) is 47.4 Å². The highest BCUT2D eigenvalue weighted by atomic mass is 35.5. The van der Waals surface area contributed by atoms with Crippen molar-refractivity contribution in [3.05, 3.63) is 63.6 Å². The Balaban J connectivity index is 2.53. The molecule has 106 valence electrons. The Morgan fingerprint density at radius 2 is 1.85 bits per heavy atom. The van der Waals surface area contributed by atoms with Crippen LogP contribution in [0.3, 0.4) is 0 Å². The summed E-state index contributed by atoms with van der Waals surface area (Å²) < 4.78 is 0. The van der Waals surface area contributed by atoms with Gasteiger partial charge in [0.15, 0.2) is 0 Å². The van der Waals surface area contributed by atoms with Crippen LogP contribution in [0.1, 0.15) is 24.1 Å². The Morgan fingerprint density at radius 1 is 1.10 bits per heavy atom. The van der Waals surface area contributed by atoms with E-state index in [1.807, 2.05) is 18.2 Å². The van der Waals surface area contributed by atoms with E-state index < -0.39 is 0 Å². The van der Waals surface area contributed by atoms with Gasteiger partial charge in [0.25, 0.3) is 0 Å². The lowest BCUT2D eigenvalue weighted by Gasteiger charge is -2.22. The Hall–Kier alpha value is -0.670. The molecule has 0 aliphatic carbocycles. The molecule has 2 aromatic rings. The summed E-state index contributed by atoms with van der Waals surface area (Å²) in [5, 5.41) is 4.94. The zero-order valence-electron chi connectivity index (χ0n) is 11.5. The molecule has 0 bridgehead atoms. The molecular weight excluding hydrogens is 309 g/mol. The van der Waals surface area contributed by atoms with Gasteiger partial charge in [0.1, 0.15) is 0 Å². The molecule has 0 saturated heterocycles. The number of thioether (sulfide) groups is 1. The normalized spacial score (nSPS) is 12.4. The van der Waals surface area contributed by atoms with Gasteiger partial charge in [0.2, 0.25) is 0 Å². The van der Waals surface area contributed by atoms with E-state index >= 15 is 0 Å². The van der Waals surface area contributed by atoms with Crippen LogP contribution in [0.2, 0.25) is 10.0 Å². The van der Waals surface area contributed by atoms with E-state index in [9.17, 15) is 0 Å². The number of benzene rings is 2. The van der Waals surface area contributed by atoms with Gasteiger partial charge >= 0.3 is 0 Å². The average molecular weight is 326 g/mol. The third-order valence-corrected chi connectivity index (χ3v) is 4.52. The molecule has 0 saturated carbocycles. The van der Waals surface area contributed by atoms with Crippen LogP contribution in [0, 0.1) is 0 Å². The van der Waals surface area contributed by atoms with Crippen LogP contribution < -0.4 is 5.32 Å². The Bertz CT molecular complexity index is 586. The highest BCUT2D eigenvalue weighted by Crippen LogP contribution is 2.34. The van der Waals surface area contributed by atoms with Crippen LogP contribution in [0.25, 0.3) is 0 Å². The van der Waals surface area contributed by atoms with Crippen LogP contribution >= 0.6 is 35.0 Å². The average Bonchev–Trinajstić information content (AvgIpc) is 2.47. The second kappa shape index (κ2) is 7.37. The maximum atomic E-state index is 6.37. The molecule has 0 fully saturated rings. The second-order valence-corrected chi connectivity index (χ2v) is 6.09. The molecule has 1 nitrogen and oxygen atoms in total. The zero-order valence-corrected chi connectivity index (χ0v) is 13.8. The lowest BCUT2D eigenvalue weighted by atomic mass is 9.98. The van der Waals surface area contributed by atoms with Gasteiger partial charge in [-0.2, -0.15) is 0 Å². The lowest BCUT2D eigenvalue weighted by molar-refractivity contribution is 0.622. The summed E-state index contributed by atoms with van der Waals surface area (Å²) in [6.07, 6.45) is 2.08. The highest BCUT2D eigenvalue weighted by molar-refractivity contribution is 7.98. The predicted molar refractivity (Wildman–Crippen MR) is 90.2 cm³/mol. The summed E-state index contributed by atoms with van der Waals surface area (Å²) in [4.78, 5) is 1.24. The molecule has 2 aromatic carbocycles. The van der Waals surface area contributed by atoms with E-state index in [2.05, 4.69) is 42.8 Å². The molecule has 0 radical (unpaired) electrons. The summed E-state index contributed by atoms with van der Waals surface area (Å²) in [6.45, 7) is 2.95. The van der Waals surface area contributed by atoms with Crippen molar-refractivity contribution in [2.45, 2.75) is 17.9 Å². The SMILES string of the molecule is CCNC(c1cc(Cl)ccc1Cl)c1ccccc1SC. The van der Waals surface area contributed by atoms with Crippen molar-refractivity contribution >= 4 is 35.0 Å². The first-order chi connectivity index (χ1) is 9.67. The number of hydrogen-bond donors (Lipinski definition) is 1. The van der Waals surface area contributed by atoms with Crippen molar-refractivity contribution < 1.29 is 0 Å². The monoisotopic (exact) mass is 325 g/mol. The third kappa shape index (κ3) is 3.50. The molecule has 0 heterocycles. The first kappa shape index (κ1) is 15.7. The standard InChI is InChI=1S/C16H17Cl2NS/c1-3-19-16(12-6-4-5-7-15(12)20-2)13-10-11(17)8-9-14(13)18/h4-10,16,19H,3H2,1-2H3. The van der Waals surface area contributed by atoms with E-state index in [0.717, 1.165) is 17.1 Å². The minimum absolute atomic E-state index is 0.0508. The van der Waals surface area contributed by atoms with Gasteiger partial charge in [-0.15, -0.1) is 11.8 Å². The van der Waals surface area contributed by atoms with Crippen molar-refractivity contribution in [3.8, 4) is 0 Å². The number of nitrogens with one attached hydrogen (secondary N) is 1. The topological polar surface area (TPSA) is 12.0 Å². The van der Waals surface area contributed by atoms with Crippen molar-refractivity contribution in [2.24, 2.45) is 0 Å². The molecule has 1 N–H and O–H groups in total. The molecule has 4 heteroatoms. The van der Waals surface area contributed by atoms with Gasteiger partial charge in [-0.3, -0.25) is 0 Å². The fourth-order valence-corrected chi connectivity index (χ4v) is 3.28. The second-order valence-electron chi connectivity index (χ2n) is 4.40. The molecule has 0 aliphatic rings. The van der Waals surface area contributed by atoms with Crippen LogP contribution in [0.5, 0.6) is 0 Å². The summed E-state index contributed by atoms with van der Waals surface area (Å²) in [5.74, 6) is 0. The van der Waals surface area contributed by atoms with Crippen molar-refractivity contribution in [2.75, 3.05) is 12.8 Å². The van der Waals surface area contributed by atoms with Gasteiger partial charge in [0.05, 0.1) is 6.04 Å². The Labute approximate surface area is 134 Å². The van der Waals surface area contributed by atoms with E-state index in [4.69, 9.17) is 23.2 Å². The van der Waals surface area contributed by atoms with Gasteiger partial charge in [0, 0.05) is 14.9 Å². The van der Waals surface area contributed by atoms with E-state index in [1.54, 1.807) is 11.8 Å². The van der Waals surface area contributed by atoms with Gasteiger partial charge in [-0.1, -0.05) is 48.3 Å². The summed E-state index contributed by atoms with van der Waals surface area (Å²) in [6, 6.07) is 14.0. The Morgan fingerprint density at radius 3 is 2.55 bits per heavy atom. The smallest absolute Gasteiger partial charge is 0.0602 e. The molecule has 0 spiro atoms. The largest absolute Gasteiger partial charge is 0.306 e.